The molecule has 0 unspecified atom stereocenters. The van der Waals surface area contributed by atoms with Gasteiger partial charge in [0.05, 0.1) is 12.2 Å². The Morgan fingerprint density at radius 3 is 2.31 bits per heavy atom. The maximum atomic E-state index is 12.9. The van der Waals surface area contributed by atoms with Crippen molar-refractivity contribution in [1.29, 1.82) is 0 Å². The van der Waals surface area contributed by atoms with E-state index in [1.165, 1.54) is 0 Å². The van der Waals surface area contributed by atoms with E-state index in [1.54, 1.807) is 30.3 Å². The molecule has 0 saturated heterocycles. The molecule has 2 aromatic carbocycles. The van der Waals surface area contributed by atoms with Gasteiger partial charge in [-0.15, -0.1) is 0 Å². The number of para-hydroxylation sites is 1. The summed E-state index contributed by atoms with van der Waals surface area (Å²) in [5.41, 5.74) is 1.53. The van der Waals surface area contributed by atoms with Crippen LogP contribution < -0.4 is 5.32 Å². The number of benzene rings is 2. The summed E-state index contributed by atoms with van der Waals surface area (Å²) in [7, 11) is 0. The molecule has 5 nitrogen and oxygen atoms in total. The summed E-state index contributed by atoms with van der Waals surface area (Å²) in [4.78, 5) is 27.4. The molecule has 0 aliphatic carbocycles. The molecule has 0 aliphatic heterocycles. The molecule has 5 heteroatoms. The number of nitrogens with one attached hydrogen (secondary N) is 1. The molecule has 1 amide bonds. The molecule has 3 aromatic rings. The van der Waals surface area contributed by atoms with Crippen LogP contribution in [-0.4, -0.2) is 36.2 Å². The van der Waals surface area contributed by atoms with Crippen LogP contribution in [0.5, 0.6) is 0 Å². The van der Waals surface area contributed by atoms with Crippen LogP contribution in [0, 0.1) is 0 Å². The fraction of sp³-hybridized carbons (Fsp3) is 0.238. The predicted octanol–water partition coefficient (Wildman–Crippen LogP) is 3.94. The first-order chi connectivity index (χ1) is 12.6. The Morgan fingerprint density at radius 1 is 0.962 bits per heavy atom. The zero-order valence-corrected chi connectivity index (χ0v) is 15.0. The minimum Gasteiger partial charge on any atom is -0.450 e. The highest BCUT2D eigenvalue weighted by molar-refractivity contribution is 6.17. The third kappa shape index (κ3) is 3.68. The van der Waals surface area contributed by atoms with Gasteiger partial charge in [0.1, 0.15) is 5.58 Å². The van der Waals surface area contributed by atoms with Crippen LogP contribution in [0.15, 0.2) is 59.0 Å². The van der Waals surface area contributed by atoms with Crippen LogP contribution in [-0.2, 0) is 4.79 Å². The molecule has 1 N–H and O–H groups in total. The molecule has 0 atom stereocenters. The summed E-state index contributed by atoms with van der Waals surface area (Å²) in [6, 6.07) is 16.2. The normalized spacial score (nSPS) is 11.0. The average molecular weight is 350 g/mol. The Balaban J connectivity index is 1.97. The predicted molar refractivity (Wildman–Crippen MR) is 103 cm³/mol. The van der Waals surface area contributed by atoms with Crippen molar-refractivity contribution in [2.45, 2.75) is 13.8 Å². The van der Waals surface area contributed by atoms with Crippen molar-refractivity contribution in [2.75, 3.05) is 25.0 Å². The molecule has 0 radical (unpaired) electrons. The summed E-state index contributed by atoms with van der Waals surface area (Å²) >= 11 is 0. The van der Waals surface area contributed by atoms with E-state index >= 15 is 0 Å². The smallest absolute Gasteiger partial charge is 0.238 e. The third-order valence-electron chi connectivity index (χ3n) is 4.36. The molecular formula is C21H22N2O3. The fourth-order valence-corrected chi connectivity index (χ4v) is 2.88. The van der Waals surface area contributed by atoms with Gasteiger partial charge in [0.25, 0.3) is 0 Å². The summed E-state index contributed by atoms with van der Waals surface area (Å²) < 4.78 is 5.80. The lowest BCUT2D eigenvalue weighted by Gasteiger charge is -2.17. The van der Waals surface area contributed by atoms with Crippen molar-refractivity contribution in [2.24, 2.45) is 0 Å². The molecule has 3 rings (SSSR count). The number of furan rings is 1. The highest BCUT2D eigenvalue weighted by Crippen LogP contribution is 2.32. The second kappa shape index (κ2) is 7.97. The van der Waals surface area contributed by atoms with Crippen molar-refractivity contribution < 1.29 is 14.0 Å². The van der Waals surface area contributed by atoms with Gasteiger partial charge in [0.2, 0.25) is 11.7 Å². The Kier molecular flexibility index (Phi) is 5.49. The first-order valence-electron chi connectivity index (χ1n) is 8.77. The standard InChI is InChI=1S/C21H22N2O3/c1-3-23(4-2)14-18(24)22-19-16-12-8-9-13-17(16)26-21(19)20(25)15-10-6-5-7-11-15/h5-13H,3-4,14H2,1-2H3,(H,22,24). The lowest BCUT2D eigenvalue weighted by molar-refractivity contribution is -0.117. The zero-order chi connectivity index (χ0) is 18.5. The summed E-state index contributed by atoms with van der Waals surface area (Å²) in [6.45, 7) is 5.85. The van der Waals surface area contributed by atoms with E-state index in [0.29, 0.717) is 16.8 Å². The van der Waals surface area contributed by atoms with Crippen LogP contribution in [0.25, 0.3) is 11.0 Å². The van der Waals surface area contributed by atoms with Crippen LogP contribution in [0.3, 0.4) is 0 Å². The maximum absolute atomic E-state index is 12.9. The van der Waals surface area contributed by atoms with E-state index in [1.807, 2.05) is 43.0 Å². The Hall–Kier alpha value is -2.92. The van der Waals surface area contributed by atoms with Crippen molar-refractivity contribution >= 4 is 28.3 Å². The quantitative estimate of drug-likeness (QED) is 0.656. The van der Waals surface area contributed by atoms with E-state index in [0.717, 1.165) is 18.5 Å². The second-order valence-electron chi connectivity index (χ2n) is 6.01. The van der Waals surface area contributed by atoms with Crippen LogP contribution >= 0.6 is 0 Å². The molecule has 1 aromatic heterocycles. The van der Waals surface area contributed by atoms with Gasteiger partial charge >= 0.3 is 0 Å². The maximum Gasteiger partial charge on any atom is 0.238 e. The van der Waals surface area contributed by atoms with Crippen LogP contribution in [0.2, 0.25) is 0 Å². The third-order valence-corrected chi connectivity index (χ3v) is 4.36. The van der Waals surface area contributed by atoms with E-state index in [-0.39, 0.29) is 24.0 Å². The van der Waals surface area contributed by atoms with E-state index in [2.05, 4.69) is 5.32 Å². The van der Waals surface area contributed by atoms with Gasteiger partial charge in [0.15, 0.2) is 5.76 Å². The molecule has 26 heavy (non-hydrogen) atoms. The summed E-state index contributed by atoms with van der Waals surface area (Å²) in [5, 5.41) is 3.61. The number of anilines is 1. The van der Waals surface area contributed by atoms with Crippen molar-refractivity contribution in [3.8, 4) is 0 Å². The van der Waals surface area contributed by atoms with Gasteiger partial charge in [-0.3, -0.25) is 14.5 Å². The molecule has 0 saturated carbocycles. The van der Waals surface area contributed by atoms with Gasteiger partial charge < -0.3 is 9.73 Å². The Labute approximate surface area is 152 Å². The number of amides is 1. The number of hydrogen-bond donors (Lipinski definition) is 1. The number of rotatable bonds is 7. The van der Waals surface area contributed by atoms with Crippen LogP contribution in [0.4, 0.5) is 5.69 Å². The molecule has 0 spiro atoms. The topological polar surface area (TPSA) is 62.6 Å². The highest BCUT2D eigenvalue weighted by atomic mass is 16.3. The zero-order valence-electron chi connectivity index (χ0n) is 15.0. The van der Waals surface area contributed by atoms with Gasteiger partial charge in [-0.2, -0.15) is 0 Å². The molecule has 0 fully saturated rings. The minimum absolute atomic E-state index is 0.158. The lowest BCUT2D eigenvalue weighted by atomic mass is 10.1. The van der Waals surface area contributed by atoms with Gasteiger partial charge in [-0.25, -0.2) is 0 Å². The molecule has 0 bridgehead atoms. The summed E-state index contributed by atoms with van der Waals surface area (Å²) in [6.07, 6.45) is 0. The first-order valence-corrected chi connectivity index (χ1v) is 8.77. The van der Waals surface area contributed by atoms with Gasteiger partial charge in [0, 0.05) is 10.9 Å². The Bertz CT molecular complexity index is 911. The van der Waals surface area contributed by atoms with E-state index < -0.39 is 0 Å². The van der Waals surface area contributed by atoms with Gasteiger partial charge in [-0.1, -0.05) is 56.3 Å². The lowest BCUT2D eigenvalue weighted by Crippen LogP contribution is -2.33. The van der Waals surface area contributed by atoms with Crippen LogP contribution in [0.1, 0.15) is 30.0 Å². The monoisotopic (exact) mass is 350 g/mol. The number of likely N-dealkylation sites (N-methyl/N-ethyl adjacent to an activating group) is 1. The number of nitrogens with zero attached hydrogens (tertiary/aromatic N) is 1. The number of ketones is 1. The number of carbonyl (C=O) groups excluding carboxylic acids is 2. The number of fused-ring (bicyclic) bond motifs is 1. The van der Waals surface area contributed by atoms with Gasteiger partial charge in [-0.05, 0) is 25.2 Å². The van der Waals surface area contributed by atoms with Crippen molar-refractivity contribution in [3.63, 3.8) is 0 Å². The highest BCUT2D eigenvalue weighted by Gasteiger charge is 2.23. The number of hydrogen-bond acceptors (Lipinski definition) is 4. The average Bonchev–Trinajstić information content (AvgIpc) is 3.04. The minimum atomic E-state index is -0.250. The molecule has 0 aliphatic rings. The Morgan fingerprint density at radius 2 is 1.62 bits per heavy atom. The molecule has 1 heterocycles. The number of carbonyl (C=O) groups is 2. The molecular weight excluding hydrogens is 328 g/mol. The van der Waals surface area contributed by atoms with Crippen molar-refractivity contribution in [1.82, 2.24) is 4.90 Å². The molecule has 134 valence electrons. The fourth-order valence-electron chi connectivity index (χ4n) is 2.88. The largest absolute Gasteiger partial charge is 0.450 e. The van der Waals surface area contributed by atoms with Crippen molar-refractivity contribution in [3.05, 3.63) is 65.9 Å². The second-order valence-corrected chi connectivity index (χ2v) is 6.01. The van der Waals surface area contributed by atoms with E-state index in [4.69, 9.17) is 4.42 Å². The van der Waals surface area contributed by atoms with E-state index in [9.17, 15) is 9.59 Å². The SMILES string of the molecule is CCN(CC)CC(=O)Nc1c(C(=O)c2ccccc2)oc2ccccc12. The first kappa shape index (κ1) is 17.9. The summed E-state index contributed by atoms with van der Waals surface area (Å²) in [5.74, 6) is -0.257.